The van der Waals surface area contributed by atoms with E-state index in [1.807, 2.05) is 6.26 Å². The number of likely N-dealkylation sites (N-methyl/N-ethyl adjacent to an activating group) is 1. The Morgan fingerprint density at radius 1 is 1.52 bits per heavy atom. The number of carbonyl (C=O) groups excluding carboxylic acids is 1. The van der Waals surface area contributed by atoms with Crippen LogP contribution in [-0.4, -0.2) is 48.2 Å². The van der Waals surface area contributed by atoms with Crippen LogP contribution in [-0.2, 0) is 0 Å². The average molecular weight is 343 g/mol. The largest absolute Gasteiger partial charge is 0.416 e. The molecule has 0 saturated carbocycles. The average Bonchev–Trinajstić information content (AvgIpc) is 2.37. The van der Waals surface area contributed by atoms with Crippen LogP contribution in [0.1, 0.15) is 0 Å². The van der Waals surface area contributed by atoms with Gasteiger partial charge in [0.2, 0.25) is 0 Å². The molecule has 21 heavy (non-hydrogen) atoms. The molecule has 1 aromatic rings. The standard InChI is InChI=1S/C12H14ClF3N2O2S/c1-18(6-10(19)12(14,15)16)11(20)17-7-3-4-9(21-2)8(13)5-7/h3-5,10,19H,6H2,1-2H3,(H,17,20). The normalized spacial score (nSPS) is 12.9. The van der Waals surface area contributed by atoms with Crippen molar-refractivity contribution in [3.8, 4) is 0 Å². The van der Waals surface area contributed by atoms with Crippen molar-refractivity contribution in [3.63, 3.8) is 0 Å². The number of aliphatic hydroxyl groups is 1. The molecule has 0 bridgehead atoms. The van der Waals surface area contributed by atoms with Gasteiger partial charge < -0.3 is 15.3 Å². The van der Waals surface area contributed by atoms with Crippen molar-refractivity contribution in [1.82, 2.24) is 4.90 Å². The third-order valence-corrected chi connectivity index (χ3v) is 3.79. The molecule has 9 heteroatoms. The number of alkyl halides is 3. The summed E-state index contributed by atoms with van der Waals surface area (Å²) in [6, 6.07) is 4.00. The van der Waals surface area contributed by atoms with E-state index in [9.17, 15) is 18.0 Å². The number of urea groups is 1. The second-order valence-corrected chi connectivity index (χ2v) is 5.47. The number of anilines is 1. The van der Waals surface area contributed by atoms with Crippen molar-refractivity contribution in [3.05, 3.63) is 23.2 Å². The van der Waals surface area contributed by atoms with Gasteiger partial charge in [-0.2, -0.15) is 13.2 Å². The Morgan fingerprint density at radius 3 is 2.62 bits per heavy atom. The van der Waals surface area contributed by atoms with Crippen molar-refractivity contribution in [2.75, 3.05) is 25.2 Å². The number of amides is 2. The maximum atomic E-state index is 12.2. The van der Waals surface area contributed by atoms with Crippen molar-refractivity contribution in [1.29, 1.82) is 0 Å². The van der Waals surface area contributed by atoms with Gasteiger partial charge in [-0.1, -0.05) is 11.6 Å². The summed E-state index contributed by atoms with van der Waals surface area (Å²) < 4.78 is 36.6. The third kappa shape index (κ3) is 5.29. The van der Waals surface area contributed by atoms with E-state index in [2.05, 4.69) is 5.32 Å². The van der Waals surface area contributed by atoms with Crippen LogP contribution in [0, 0.1) is 0 Å². The maximum absolute atomic E-state index is 12.2. The molecule has 1 unspecified atom stereocenters. The number of rotatable bonds is 4. The van der Waals surface area contributed by atoms with Crippen molar-refractivity contribution in [2.24, 2.45) is 0 Å². The van der Waals surface area contributed by atoms with Crippen molar-refractivity contribution >= 4 is 35.1 Å². The smallest absolute Gasteiger partial charge is 0.382 e. The quantitative estimate of drug-likeness (QED) is 0.824. The van der Waals surface area contributed by atoms with Gasteiger partial charge >= 0.3 is 12.2 Å². The Kier molecular flexibility index (Phi) is 6.18. The minimum Gasteiger partial charge on any atom is -0.382 e. The molecule has 118 valence electrons. The Labute approximate surface area is 129 Å². The lowest BCUT2D eigenvalue weighted by molar-refractivity contribution is -0.205. The monoisotopic (exact) mass is 342 g/mol. The van der Waals surface area contributed by atoms with E-state index >= 15 is 0 Å². The van der Waals surface area contributed by atoms with Gasteiger partial charge in [-0.25, -0.2) is 4.79 Å². The van der Waals surface area contributed by atoms with E-state index in [4.69, 9.17) is 16.7 Å². The van der Waals surface area contributed by atoms with Crippen LogP contribution >= 0.6 is 23.4 Å². The van der Waals surface area contributed by atoms with Gasteiger partial charge in [0.1, 0.15) is 0 Å². The molecule has 0 aliphatic heterocycles. The summed E-state index contributed by atoms with van der Waals surface area (Å²) in [5, 5.41) is 11.7. The first-order chi connectivity index (χ1) is 9.65. The summed E-state index contributed by atoms with van der Waals surface area (Å²) in [5.41, 5.74) is 0.358. The molecule has 2 N–H and O–H groups in total. The van der Waals surface area contributed by atoms with E-state index in [1.165, 1.54) is 17.8 Å². The predicted octanol–water partition coefficient (Wildman–Crippen LogP) is 3.45. The third-order valence-electron chi connectivity index (χ3n) is 2.57. The second kappa shape index (κ2) is 7.24. The number of halogens is 4. The van der Waals surface area contributed by atoms with Crippen LogP contribution in [0.25, 0.3) is 0 Å². The highest BCUT2D eigenvalue weighted by molar-refractivity contribution is 7.98. The molecule has 0 radical (unpaired) electrons. The second-order valence-electron chi connectivity index (χ2n) is 4.22. The highest BCUT2D eigenvalue weighted by Crippen LogP contribution is 2.28. The van der Waals surface area contributed by atoms with Gasteiger partial charge in [-0.05, 0) is 24.5 Å². The van der Waals surface area contributed by atoms with E-state index < -0.39 is 24.9 Å². The number of nitrogens with one attached hydrogen (secondary N) is 1. The molecule has 0 aromatic heterocycles. The Hall–Kier alpha value is -1.12. The molecule has 0 heterocycles. The number of hydrogen-bond acceptors (Lipinski definition) is 3. The number of nitrogens with zero attached hydrogens (tertiary/aromatic N) is 1. The molecule has 0 spiro atoms. The van der Waals surface area contributed by atoms with Gasteiger partial charge in [0.05, 0.1) is 11.6 Å². The minimum atomic E-state index is -4.77. The predicted molar refractivity (Wildman–Crippen MR) is 76.9 cm³/mol. The maximum Gasteiger partial charge on any atom is 0.416 e. The van der Waals surface area contributed by atoms with Crippen LogP contribution in [0.3, 0.4) is 0 Å². The van der Waals surface area contributed by atoms with E-state index in [-0.39, 0.29) is 0 Å². The van der Waals surface area contributed by atoms with E-state index in [0.717, 1.165) is 16.8 Å². The van der Waals surface area contributed by atoms with Gasteiger partial charge in [0.25, 0.3) is 0 Å². The molecule has 1 aromatic carbocycles. The first-order valence-corrected chi connectivity index (χ1v) is 7.36. The lowest BCUT2D eigenvalue weighted by atomic mass is 10.3. The van der Waals surface area contributed by atoms with Crippen molar-refractivity contribution in [2.45, 2.75) is 17.2 Å². The number of carbonyl (C=O) groups is 1. The van der Waals surface area contributed by atoms with Crippen LogP contribution < -0.4 is 5.32 Å². The number of thioether (sulfide) groups is 1. The molecule has 4 nitrogen and oxygen atoms in total. The Balaban J connectivity index is 2.66. The fourth-order valence-electron chi connectivity index (χ4n) is 1.41. The van der Waals surface area contributed by atoms with Crippen LogP contribution in [0.4, 0.5) is 23.7 Å². The molecule has 0 aliphatic carbocycles. The van der Waals surface area contributed by atoms with Gasteiger partial charge in [0, 0.05) is 17.6 Å². The van der Waals surface area contributed by atoms with E-state index in [1.54, 1.807) is 12.1 Å². The molecule has 0 saturated heterocycles. The van der Waals surface area contributed by atoms with E-state index in [0.29, 0.717) is 10.7 Å². The first kappa shape index (κ1) is 17.9. The van der Waals surface area contributed by atoms with Gasteiger partial charge in [0.15, 0.2) is 6.10 Å². The zero-order valence-electron chi connectivity index (χ0n) is 11.2. The van der Waals surface area contributed by atoms with Crippen LogP contribution in [0.5, 0.6) is 0 Å². The van der Waals surface area contributed by atoms with Crippen LogP contribution in [0.2, 0.25) is 5.02 Å². The molecule has 0 aliphatic rings. The number of hydrogen-bond donors (Lipinski definition) is 2. The molecular formula is C12H14ClF3N2O2S. The summed E-state index contributed by atoms with van der Waals surface area (Å²) in [5.74, 6) is 0. The lowest BCUT2D eigenvalue weighted by Gasteiger charge is -2.22. The lowest BCUT2D eigenvalue weighted by Crippen LogP contribution is -2.43. The SMILES string of the molecule is CSc1ccc(NC(=O)N(C)CC(O)C(F)(F)F)cc1Cl. The highest BCUT2D eigenvalue weighted by atomic mass is 35.5. The molecule has 0 fully saturated rings. The summed E-state index contributed by atoms with van der Waals surface area (Å²) in [4.78, 5) is 13.3. The molecular weight excluding hydrogens is 329 g/mol. The molecule has 1 atom stereocenters. The fraction of sp³-hybridized carbons (Fsp3) is 0.417. The molecule has 2 amide bonds. The minimum absolute atomic E-state index is 0.358. The van der Waals surface area contributed by atoms with Gasteiger partial charge in [-0.3, -0.25) is 0 Å². The number of aliphatic hydroxyl groups excluding tert-OH is 1. The topological polar surface area (TPSA) is 52.6 Å². The fourth-order valence-corrected chi connectivity index (χ4v) is 2.28. The molecule has 1 rings (SSSR count). The summed E-state index contributed by atoms with van der Waals surface area (Å²) in [6.07, 6.45) is -5.51. The summed E-state index contributed by atoms with van der Waals surface area (Å²) in [7, 11) is 1.15. The van der Waals surface area contributed by atoms with Crippen molar-refractivity contribution < 1.29 is 23.1 Å². The highest BCUT2D eigenvalue weighted by Gasteiger charge is 2.39. The Bertz CT molecular complexity index is 514. The first-order valence-electron chi connectivity index (χ1n) is 5.75. The zero-order chi connectivity index (χ0) is 16.2. The summed E-state index contributed by atoms with van der Waals surface area (Å²) >= 11 is 7.39. The zero-order valence-corrected chi connectivity index (χ0v) is 12.8. The van der Waals surface area contributed by atoms with Crippen LogP contribution in [0.15, 0.2) is 23.1 Å². The number of benzene rings is 1. The van der Waals surface area contributed by atoms with Gasteiger partial charge in [-0.15, -0.1) is 11.8 Å². The Morgan fingerprint density at radius 2 is 2.14 bits per heavy atom. The summed E-state index contributed by atoms with van der Waals surface area (Å²) in [6.45, 7) is -0.855.